The van der Waals surface area contributed by atoms with Gasteiger partial charge in [-0.1, -0.05) is 12.1 Å². The molecule has 0 unspecified atom stereocenters. The van der Waals surface area contributed by atoms with Crippen LogP contribution in [0.4, 0.5) is 13.2 Å². The van der Waals surface area contributed by atoms with E-state index in [0.29, 0.717) is 5.56 Å². The maximum Gasteiger partial charge on any atom is 0.451 e. The highest BCUT2D eigenvalue weighted by atomic mass is 19.4. The zero-order chi connectivity index (χ0) is 12.6. The third kappa shape index (κ3) is 2.30. The minimum atomic E-state index is -4.50. The van der Waals surface area contributed by atoms with E-state index >= 15 is 0 Å². The average Bonchev–Trinajstić information content (AvgIpc) is 2.70. The summed E-state index contributed by atoms with van der Waals surface area (Å²) in [4.78, 5) is 3.43. The van der Waals surface area contributed by atoms with Crippen molar-refractivity contribution in [1.82, 2.24) is 15.2 Å². The number of aromatic nitrogens is 3. The molecule has 0 amide bonds. The molecule has 2 aromatic rings. The van der Waals surface area contributed by atoms with Gasteiger partial charge >= 0.3 is 6.18 Å². The molecule has 1 aromatic carbocycles. The number of rotatable bonds is 1. The number of halogens is 3. The van der Waals surface area contributed by atoms with E-state index in [2.05, 4.69) is 10.1 Å². The molecule has 0 saturated carbocycles. The molecule has 0 bridgehead atoms. The van der Waals surface area contributed by atoms with Crippen LogP contribution in [-0.2, 0) is 6.18 Å². The molecule has 2 rings (SSSR count). The molecular weight excluding hydrogens is 231 g/mol. The molecule has 1 heterocycles. The van der Waals surface area contributed by atoms with Crippen molar-refractivity contribution in [2.75, 3.05) is 0 Å². The molecule has 0 aliphatic carbocycles. The largest absolute Gasteiger partial charge is 0.451 e. The lowest BCUT2D eigenvalue weighted by atomic mass is 10.1. The number of nitrogens with one attached hydrogen (secondary N) is 1. The van der Waals surface area contributed by atoms with Crippen LogP contribution in [0.25, 0.3) is 11.4 Å². The Morgan fingerprint density at radius 3 is 2.35 bits per heavy atom. The van der Waals surface area contributed by atoms with Crippen LogP contribution in [0.2, 0.25) is 0 Å². The summed E-state index contributed by atoms with van der Waals surface area (Å²) >= 11 is 0. The number of hydrogen-bond donors (Lipinski definition) is 1. The van der Waals surface area contributed by atoms with Crippen molar-refractivity contribution in [1.29, 1.82) is 0 Å². The fourth-order valence-corrected chi connectivity index (χ4v) is 1.40. The second kappa shape index (κ2) is 3.87. The standard InChI is InChI=1S/C11H10F3N3/c1-6-3-4-8(5-7(6)2)9-15-10(17-16-9)11(12,13)14/h3-5H,1-2H3,(H,15,16,17). The second-order valence-electron chi connectivity index (χ2n) is 3.80. The zero-order valence-corrected chi connectivity index (χ0v) is 9.26. The van der Waals surface area contributed by atoms with Gasteiger partial charge in [-0.15, -0.1) is 0 Å². The van der Waals surface area contributed by atoms with E-state index in [1.165, 1.54) is 0 Å². The first-order valence-electron chi connectivity index (χ1n) is 4.95. The van der Waals surface area contributed by atoms with Gasteiger partial charge < -0.3 is 0 Å². The number of hydrogen-bond acceptors (Lipinski definition) is 2. The van der Waals surface area contributed by atoms with Gasteiger partial charge in [0.1, 0.15) is 0 Å². The molecule has 3 nitrogen and oxygen atoms in total. The Bertz CT molecular complexity index is 543. The van der Waals surface area contributed by atoms with Crippen molar-refractivity contribution in [3.63, 3.8) is 0 Å². The zero-order valence-electron chi connectivity index (χ0n) is 9.26. The number of nitrogens with zero attached hydrogens (tertiary/aromatic N) is 2. The maximum absolute atomic E-state index is 12.3. The summed E-state index contributed by atoms with van der Waals surface area (Å²) in [5.41, 5.74) is 2.63. The monoisotopic (exact) mass is 241 g/mol. The van der Waals surface area contributed by atoms with E-state index in [4.69, 9.17) is 0 Å². The van der Waals surface area contributed by atoms with Gasteiger partial charge in [-0.05, 0) is 31.0 Å². The molecule has 0 saturated heterocycles. The lowest BCUT2D eigenvalue weighted by Gasteiger charge is -2.01. The lowest BCUT2D eigenvalue weighted by Crippen LogP contribution is -2.07. The predicted molar refractivity (Wildman–Crippen MR) is 56.3 cm³/mol. The maximum atomic E-state index is 12.3. The number of aromatic amines is 1. The topological polar surface area (TPSA) is 41.6 Å². The van der Waals surface area contributed by atoms with E-state index in [1.54, 1.807) is 12.1 Å². The molecule has 0 radical (unpaired) electrons. The van der Waals surface area contributed by atoms with Crippen molar-refractivity contribution >= 4 is 0 Å². The van der Waals surface area contributed by atoms with Crippen molar-refractivity contribution in [3.05, 3.63) is 35.2 Å². The van der Waals surface area contributed by atoms with Crippen LogP contribution in [0, 0.1) is 13.8 Å². The summed E-state index contributed by atoms with van der Waals surface area (Å²) in [6.07, 6.45) is -4.50. The Hall–Kier alpha value is -1.85. The van der Waals surface area contributed by atoms with Crippen LogP contribution in [0.3, 0.4) is 0 Å². The molecule has 1 N–H and O–H groups in total. The SMILES string of the molecule is Cc1ccc(-c2n[nH]c(C(F)(F)F)n2)cc1C. The predicted octanol–water partition coefficient (Wildman–Crippen LogP) is 3.11. The summed E-state index contributed by atoms with van der Waals surface area (Å²) in [5, 5.41) is 5.46. The Kier molecular flexibility index (Phi) is 2.65. The Labute approximate surface area is 95.7 Å². The first-order valence-corrected chi connectivity index (χ1v) is 4.95. The first kappa shape index (κ1) is 11.6. The van der Waals surface area contributed by atoms with Crippen molar-refractivity contribution in [3.8, 4) is 11.4 Å². The van der Waals surface area contributed by atoms with Gasteiger partial charge in [0.15, 0.2) is 5.82 Å². The van der Waals surface area contributed by atoms with Crippen molar-refractivity contribution < 1.29 is 13.2 Å². The summed E-state index contributed by atoms with van der Waals surface area (Å²) in [5.74, 6) is -1.02. The number of aryl methyl sites for hydroxylation is 2. The van der Waals surface area contributed by atoms with Crippen LogP contribution in [0.1, 0.15) is 17.0 Å². The highest BCUT2D eigenvalue weighted by molar-refractivity contribution is 5.56. The molecule has 1 aromatic heterocycles. The third-order valence-electron chi connectivity index (χ3n) is 2.52. The minimum absolute atomic E-state index is 0.0559. The molecular formula is C11H10F3N3. The Balaban J connectivity index is 2.40. The molecule has 0 aliphatic heterocycles. The van der Waals surface area contributed by atoms with Crippen LogP contribution in [0.15, 0.2) is 18.2 Å². The molecule has 90 valence electrons. The van der Waals surface area contributed by atoms with Crippen molar-refractivity contribution in [2.45, 2.75) is 20.0 Å². The molecule has 0 atom stereocenters. The van der Waals surface area contributed by atoms with E-state index in [0.717, 1.165) is 11.1 Å². The molecule has 0 spiro atoms. The second-order valence-corrected chi connectivity index (χ2v) is 3.80. The molecule has 6 heteroatoms. The minimum Gasteiger partial charge on any atom is -0.255 e. The number of alkyl halides is 3. The van der Waals surface area contributed by atoms with E-state index in [9.17, 15) is 13.2 Å². The summed E-state index contributed by atoms with van der Waals surface area (Å²) in [6.45, 7) is 3.81. The van der Waals surface area contributed by atoms with Crippen LogP contribution in [0.5, 0.6) is 0 Å². The number of H-pyrrole nitrogens is 1. The molecule has 0 aliphatic rings. The van der Waals surface area contributed by atoms with Gasteiger partial charge in [0, 0.05) is 5.56 Å². The normalized spacial score (nSPS) is 11.8. The fourth-order valence-electron chi connectivity index (χ4n) is 1.40. The van der Waals surface area contributed by atoms with E-state index in [1.807, 2.05) is 25.0 Å². The Morgan fingerprint density at radius 1 is 1.12 bits per heavy atom. The van der Waals surface area contributed by atoms with Crippen LogP contribution >= 0.6 is 0 Å². The van der Waals surface area contributed by atoms with Gasteiger partial charge in [-0.2, -0.15) is 18.3 Å². The highest BCUT2D eigenvalue weighted by Crippen LogP contribution is 2.27. The van der Waals surface area contributed by atoms with Gasteiger partial charge in [0.2, 0.25) is 5.82 Å². The summed E-state index contributed by atoms with van der Waals surface area (Å²) < 4.78 is 37.0. The van der Waals surface area contributed by atoms with E-state index in [-0.39, 0.29) is 5.82 Å². The van der Waals surface area contributed by atoms with Gasteiger partial charge in [-0.25, -0.2) is 4.98 Å². The fraction of sp³-hybridized carbons (Fsp3) is 0.273. The average molecular weight is 241 g/mol. The number of benzene rings is 1. The van der Waals surface area contributed by atoms with Crippen LogP contribution < -0.4 is 0 Å². The van der Waals surface area contributed by atoms with Gasteiger partial charge in [0.25, 0.3) is 0 Å². The van der Waals surface area contributed by atoms with Gasteiger partial charge in [0.05, 0.1) is 0 Å². The lowest BCUT2D eigenvalue weighted by molar-refractivity contribution is -0.144. The van der Waals surface area contributed by atoms with E-state index < -0.39 is 12.0 Å². The molecule has 0 fully saturated rings. The Morgan fingerprint density at radius 2 is 1.82 bits per heavy atom. The smallest absolute Gasteiger partial charge is 0.255 e. The highest BCUT2D eigenvalue weighted by Gasteiger charge is 2.35. The van der Waals surface area contributed by atoms with Crippen molar-refractivity contribution in [2.24, 2.45) is 0 Å². The molecule has 17 heavy (non-hydrogen) atoms. The van der Waals surface area contributed by atoms with Crippen LogP contribution in [-0.4, -0.2) is 15.2 Å². The quantitative estimate of drug-likeness (QED) is 0.833. The summed E-state index contributed by atoms with van der Waals surface area (Å²) in [6, 6.07) is 5.29. The summed E-state index contributed by atoms with van der Waals surface area (Å²) in [7, 11) is 0. The van der Waals surface area contributed by atoms with Gasteiger partial charge in [-0.3, -0.25) is 5.10 Å². The third-order valence-corrected chi connectivity index (χ3v) is 2.52. The first-order chi connectivity index (χ1) is 7.88.